The molecule has 3 aromatic rings. The van der Waals surface area contributed by atoms with Gasteiger partial charge in [0, 0.05) is 18.5 Å². The van der Waals surface area contributed by atoms with Crippen LogP contribution in [0.2, 0.25) is 0 Å². The van der Waals surface area contributed by atoms with Crippen LogP contribution in [-0.4, -0.2) is 43.4 Å². The zero-order chi connectivity index (χ0) is 26.6. The Morgan fingerprint density at radius 2 is 1.78 bits per heavy atom. The van der Waals surface area contributed by atoms with Crippen molar-refractivity contribution in [2.24, 2.45) is 5.16 Å². The quantitative estimate of drug-likeness (QED) is 0.361. The molecule has 0 aromatic heterocycles. The zero-order valence-electron chi connectivity index (χ0n) is 20.1. The maximum absolute atomic E-state index is 14.4. The summed E-state index contributed by atoms with van der Waals surface area (Å²) in [5.41, 5.74) is 0.555. The summed E-state index contributed by atoms with van der Waals surface area (Å²) in [7, 11) is 3.03. The van der Waals surface area contributed by atoms with Crippen molar-refractivity contribution in [3.05, 3.63) is 94.8 Å². The lowest BCUT2D eigenvalue weighted by molar-refractivity contribution is -0.137. The van der Waals surface area contributed by atoms with Gasteiger partial charge in [0.25, 0.3) is 5.91 Å². The smallest absolute Gasteiger partial charge is 0.416 e. The van der Waals surface area contributed by atoms with Gasteiger partial charge >= 0.3 is 6.18 Å². The second kappa shape index (κ2) is 10.9. The summed E-state index contributed by atoms with van der Waals surface area (Å²) >= 11 is 0. The van der Waals surface area contributed by atoms with E-state index in [0.717, 1.165) is 23.8 Å². The van der Waals surface area contributed by atoms with Gasteiger partial charge in [-0.25, -0.2) is 4.39 Å². The molecule has 0 saturated carbocycles. The van der Waals surface area contributed by atoms with Crippen molar-refractivity contribution in [3.63, 3.8) is 0 Å². The fourth-order valence-corrected chi connectivity index (χ4v) is 4.05. The van der Waals surface area contributed by atoms with E-state index in [1.807, 2.05) is 0 Å². The summed E-state index contributed by atoms with van der Waals surface area (Å²) < 4.78 is 64.7. The van der Waals surface area contributed by atoms with E-state index in [-0.39, 0.29) is 24.2 Å². The number of ether oxygens (including phenoxy) is 2. The number of amides is 1. The van der Waals surface area contributed by atoms with Gasteiger partial charge in [-0.15, -0.1) is 0 Å². The van der Waals surface area contributed by atoms with Crippen LogP contribution in [0.3, 0.4) is 0 Å². The molecule has 0 spiro atoms. The van der Waals surface area contributed by atoms with Gasteiger partial charge < -0.3 is 19.2 Å². The Hall–Kier alpha value is -4.08. The number of nitrogens with zero attached hydrogens (tertiary/aromatic N) is 2. The second-order valence-corrected chi connectivity index (χ2v) is 8.40. The normalized spacial score (nSPS) is 15.1. The van der Waals surface area contributed by atoms with Crippen LogP contribution in [0.4, 0.5) is 17.6 Å². The van der Waals surface area contributed by atoms with Crippen molar-refractivity contribution in [1.29, 1.82) is 0 Å². The summed E-state index contributed by atoms with van der Waals surface area (Å²) in [6, 6.07) is 15.4. The van der Waals surface area contributed by atoms with Gasteiger partial charge in [-0.3, -0.25) is 4.79 Å². The van der Waals surface area contributed by atoms with Crippen LogP contribution in [0.1, 0.15) is 33.5 Å². The highest BCUT2D eigenvalue weighted by Crippen LogP contribution is 2.31. The van der Waals surface area contributed by atoms with E-state index in [0.29, 0.717) is 23.6 Å². The SMILES string of the molecule is COc1ccc(C2=NO[C@@H](CN(Cc3cccc(C(F)(F)F)c3)C(=O)c3ccccc3F)C2)cc1OC. The van der Waals surface area contributed by atoms with Gasteiger partial charge in [0.05, 0.1) is 37.6 Å². The molecule has 0 aliphatic carbocycles. The van der Waals surface area contributed by atoms with E-state index in [4.69, 9.17) is 14.3 Å². The van der Waals surface area contributed by atoms with E-state index >= 15 is 0 Å². The minimum Gasteiger partial charge on any atom is -0.493 e. The Bertz CT molecular complexity index is 1310. The molecule has 1 heterocycles. The molecule has 0 fully saturated rings. The molecule has 0 bridgehead atoms. The number of hydrogen-bond acceptors (Lipinski definition) is 5. The molecule has 1 aliphatic heterocycles. The lowest BCUT2D eigenvalue weighted by Crippen LogP contribution is -2.37. The molecular weight excluding hydrogens is 492 g/mol. The van der Waals surface area contributed by atoms with E-state index in [1.165, 1.54) is 49.5 Å². The van der Waals surface area contributed by atoms with Crippen molar-refractivity contribution in [3.8, 4) is 11.5 Å². The number of benzene rings is 3. The molecule has 0 N–H and O–H groups in total. The lowest BCUT2D eigenvalue weighted by Gasteiger charge is -2.25. The van der Waals surface area contributed by atoms with Crippen LogP contribution < -0.4 is 9.47 Å². The maximum atomic E-state index is 14.4. The molecular formula is C27H24F4N2O4. The third-order valence-corrected chi connectivity index (χ3v) is 5.89. The van der Waals surface area contributed by atoms with Gasteiger partial charge in [0.2, 0.25) is 0 Å². The van der Waals surface area contributed by atoms with Crippen molar-refractivity contribution in [1.82, 2.24) is 4.90 Å². The van der Waals surface area contributed by atoms with Crippen molar-refractivity contribution in [2.75, 3.05) is 20.8 Å². The van der Waals surface area contributed by atoms with Crippen molar-refractivity contribution >= 4 is 11.6 Å². The Balaban J connectivity index is 1.56. The Kier molecular flexibility index (Phi) is 7.66. The maximum Gasteiger partial charge on any atom is 0.416 e. The minimum atomic E-state index is -4.53. The van der Waals surface area contributed by atoms with Gasteiger partial charge in [0.15, 0.2) is 17.6 Å². The summed E-state index contributed by atoms with van der Waals surface area (Å²) in [6.07, 6.45) is -4.81. The molecule has 1 atom stereocenters. The molecule has 37 heavy (non-hydrogen) atoms. The Labute approximate surface area is 211 Å². The third-order valence-electron chi connectivity index (χ3n) is 5.89. The summed E-state index contributed by atoms with van der Waals surface area (Å²) in [4.78, 5) is 20.1. The molecule has 4 rings (SSSR count). The predicted molar refractivity (Wildman–Crippen MR) is 128 cm³/mol. The molecule has 10 heteroatoms. The first-order valence-electron chi connectivity index (χ1n) is 11.3. The Morgan fingerprint density at radius 1 is 1.03 bits per heavy atom. The van der Waals surface area contributed by atoms with Gasteiger partial charge in [-0.2, -0.15) is 13.2 Å². The number of hydrogen-bond donors (Lipinski definition) is 0. The van der Waals surface area contributed by atoms with Crippen molar-refractivity contribution in [2.45, 2.75) is 25.2 Å². The topological polar surface area (TPSA) is 60.4 Å². The van der Waals surface area contributed by atoms with E-state index in [9.17, 15) is 22.4 Å². The minimum absolute atomic E-state index is 0.0241. The predicted octanol–water partition coefficient (Wildman–Crippen LogP) is 5.70. The Morgan fingerprint density at radius 3 is 2.49 bits per heavy atom. The second-order valence-electron chi connectivity index (χ2n) is 8.40. The molecule has 194 valence electrons. The average molecular weight is 516 g/mol. The van der Waals surface area contributed by atoms with Gasteiger partial charge in [-0.05, 0) is 48.0 Å². The van der Waals surface area contributed by atoms with Crippen LogP contribution in [0, 0.1) is 5.82 Å². The highest BCUT2D eigenvalue weighted by molar-refractivity contribution is 6.02. The molecule has 1 amide bonds. The molecule has 6 nitrogen and oxygen atoms in total. The van der Waals surface area contributed by atoms with Crippen LogP contribution in [0.15, 0.2) is 71.9 Å². The third kappa shape index (κ3) is 6.02. The van der Waals surface area contributed by atoms with Gasteiger partial charge in [-0.1, -0.05) is 29.4 Å². The molecule has 1 aliphatic rings. The first-order valence-corrected chi connectivity index (χ1v) is 11.3. The number of oxime groups is 1. The number of methoxy groups -OCH3 is 2. The first kappa shape index (κ1) is 26.0. The number of alkyl halides is 3. The van der Waals surface area contributed by atoms with Crippen molar-refractivity contribution < 1.29 is 36.7 Å². The number of carbonyl (C=O) groups excluding carboxylic acids is 1. The average Bonchev–Trinajstić information content (AvgIpc) is 3.36. The van der Waals surface area contributed by atoms with E-state index in [1.54, 1.807) is 18.2 Å². The van der Waals surface area contributed by atoms with E-state index in [2.05, 4.69) is 5.16 Å². The highest BCUT2D eigenvalue weighted by Gasteiger charge is 2.32. The molecule has 0 saturated heterocycles. The largest absolute Gasteiger partial charge is 0.493 e. The summed E-state index contributed by atoms with van der Waals surface area (Å²) in [5.74, 6) is -0.341. The summed E-state index contributed by atoms with van der Waals surface area (Å²) in [6.45, 7) is -0.202. The van der Waals surface area contributed by atoms with Gasteiger partial charge in [0.1, 0.15) is 5.82 Å². The monoisotopic (exact) mass is 516 g/mol. The van der Waals surface area contributed by atoms with Crippen LogP contribution in [-0.2, 0) is 17.6 Å². The molecule has 3 aromatic carbocycles. The number of carbonyl (C=O) groups is 1. The highest BCUT2D eigenvalue weighted by atomic mass is 19.4. The summed E-state index contributed by atoms with van der Waals surface area (Å²) in [5, 5.41) is 4.13. The fourth-order valence-electron chi connectivity index (χ4n) is 4.05. The van der Waals surface area contributed by atoms with Crippen LogP contribution in [0.5, 0.6) is 11.5 Å². The van der Waals surface area contributed by atoms with E-state index < -0.39 is 29.6 Å². The first-order chi connectivity index (χ1) is 17.7. The van der Waals surface area contributed by atoms with Crippen LogP contribution in [0.25, 0.3) is 0 Å². The van der Waals surface area contributed by atoms with Crippen LogP contribution >= 0.6 is 0 Å². The standard InChI is InChI=1S/C27H24F4N2O4/c1-35-24-11-10-18(13-25(24)36-2)23-14-20(37-32-23)16-33(26(34)21-8-3-4-9-22(21)28)15-17-6-5-7-19(12-17)27(29,30)31/h3-13,20H,14-16H2,1-2H3/t20-/m1/s1. The number of halogens is 4. The lowest BCUT2D eigenvalue weighted by atomic mass is 10.0. The zero-order valence-corrected chi connectivity index (χ0v) is 20.1. The fraction of sp³-hybridized carbons (Fsp3) is 0.259. The number of rotatable bonds is 8. The molecule has 0 unspecified atom stereocenters. The molecule has 0 radical (unpaired) electrons.